The number of primary amides is 1. The normalized spacial score (nSPS) is 17.3. The van der Waals surface area contributed by atoms with E-state index in [0.29, 0.717) is 12.8 Å². The quantitative estimate of drug-likeness (QED) is 0.334. The zero-order valence-electron chi connectivity index (χ0n) is 13.4. The Morgan fingerprint density at radius 1 is 1.24 bits per heavy atom. The van der Waals surface area contributed by atoms with Gasteiger partial charge in [0.2, 0.25) is 5.91 Å². The molecule has 0 radical (unpaired) electrons. The van der Waals surface area contributed by atoms with Gasteiger partial charge in [-0.1, -0.05) is 25.0 Å². The minimum atomic E-state index is -1.59. The minimum Gasteiger partial charge on any atom is -0.481 e. The van der Waals surface area contributed by atoms with E-state index in [0.717, 1.165) is 6.08 Å². The van der Waals surface area contributed by atoms with Crippen molar-refractivity contribution >= 4 is 29.4 Å². The first-order valence-electron chi connectivity index (χ1n) is 7.77. The molecule has 0 bridgehead atoms. The van der Waals surface area contributed by atoms with Crippen LogP contribution in [-0.2, 0) is 14.4 Å². The van der Waals surface area contributed by atoms with Crippen molar-refractivity contribution in [1.82, 2.24) is 0 Å². The number of nitrogens with two attached hydrogens (primary N) is 1. The summed E-state index contributed by atoms with van der Waals surface area (Å²) in [6, 6.07) is 5.77. The van der Waals surface area contributed by atoms with Gasteiger partial charge in [0.05, 0.1) is 15.9 Å². The molecule has 1 amide bonds. The third-order valence-electron chi connectivity index (χ3n) is 4.63. The topological polar surface area (TPSA) is 141 Å². The smallest absolute Gasteiger partial charge is 0.315 e. The summed E-state index contributed by atoms with van der Waals surface area (Å²) >= 11 is 0. The first-order chi connectivity index (χ1) is 11.8. The highest BCUT2D eigenvalue weighted by molar-refractivity contribution is 6.10. The number of rotatable bonds is 7. The summed E-state index contributed by atoms with van der Waals surface area (Å²) in [5.74, 6) is -4.61. The van der Waals surface area contributed by atoms with E-state index in [1.54, 1.807) is 6.07 Å². The predicted molar refractivity (Wildman–Crippen MR) is 88.4 cm³/mol. The molecule has 8 nitrogen and oxygen atoms in total. The van der Waals surface area contributed by atoms with Crippen molar-refractivity contribution < 1.29 is 24.4 Å². The molecule has 3 N–H and O–H groups in total. The lowest BCUT2D eigenvalue weighted by molar-refractivity contribution is -0.385. The molecule has 1 saturated carbocycles. The van der Waals surface area contributed by atoms with Crippen molar-refractivity contribution in [2.24, 2.45) is 17.1 Å². The predicted octanol–water partition coefficient (Wildman–Crippen LogP) is 1.92. The van der Waals surface area contributed by atoms with E-state index >= 15 is 0 Å². The van der Waals surface area contributed by atoms with Crippen molar-refractivity contribution in [2.75, 3.05) is 0 Å². The standard InChI is InChI=1S/C17H18N2O6/c18-16(23)17(9-3-4-10-17)14(15(21)22)13(20)8-7-11-5-1-2-6-12(11)19(24)25/h1-2,5-8,14H,3-4,9-10H2,(H2,18,23)(H,21,22). The number of allylic oxidation sites excluding steroid dienone is 1. The molecule has 0 heterocycles. The maximum absolute atomic E-state index is 12.5. The highest BCUT2D eigenvalue weighted by Crippen LogP contribution is 2.45. The van der Waals surface area contributed by atoms with Gasteiger partial charge in [-0.2, -0.15) is 0 Å². The molecule has 1 aromatic rings. The van der Waals surface area contributed by atoms with Crippen molar-refractivity contribution in [3.05, 3.63) is 46.0 Å². The molecule has 1 aliphatic rings. The van der Waals surface area contributed by atoms with Crippen LogP contribution in [0.2, 0.25) is 0 Å². The van der Waals surface area contributed by atoms with Crippen LogP contribution >= 0.6 is 0 Å². The van der Waals surface area contributed by atoms with Crippen LogP contribution in [0.15, 0.2) is 30.3 Å². The molecule has 0 aromatic heterocycles. The molecule has 0 spiro atoms. The van der Waals surface area contributed by atoms with E-state index in [2.05, 4.69) is 0 Å². The summed E-state index contributed by atoms with van der Waals surface area (Å²) < 4.78 is 0. The van der Waals surface area contributed by atoms with Gasteiger partial charge in [-0.15, -0.1) is 0 Å². The van der Waals surface area contributed by atoms with Gasteiger partial charge in [0, 0.05) is 6.07 Å². The average molecular weight is 346 g/mol. The van der Waals surface area contributed by atoms with Gasteiger partial charge in [0.15, 0.2) is 5.78 Å². The van der Waals surface area contributed by atoms with Gasteiger partial charge in [-0.25, -0.2) is 0 Å². The molecule has 2 rings (SSSR count). The van der Waals surface area contributed by atoms with Crippen LogP contribution < -0.4 is 5.73 Å². The Morgan fingerprint density at radius 3 is 2.36 bits per heavy atom. The lowest BCUT2D eigenvalue weighted by Crippen LogP contribution is -2.47. The number of hydrogen-bond acceptors (Lipinski definition) is 5. The summed E-state index contributed by atoms with van der Waals surface area (Å²) in [6.45, 7) is 0. The van der Waals surface area contributed by atoms with Gasteiger partial charge in [-0.3, -0.25) is 24.5 Å². The summed E-state index contributed by atoms with van der Waals surface area (Å²) in [7, 11) is 0. The second kappa shape index (κ2) is 7.25. The Kier molecular flexibility index (Phi) is 5.31. The number of ketones is 1. The molecule has 0 saturated heterocycles. The third kappa shape index (κ3) is 3.57. The van der Waals surface area contributed by atoms with E-state index in [9.17, 15) is 29.6 Å². The van der Waals surface area contributed by atoms with Crippen LogP contribution in [0.5, 0.6) is 0 Å². The Balaban J connectivity index is 2.35. The molecule has 1 aliphatic carbocycles. The molecular formula is C17H18N2O6. The van der Waals surface area contributed by atoms with E-state index in [1.807, 2.05) is 0 Å². The zero-order valence-corrected chi connectivity index (χ0v) is 13.4. The van der Waals surface area contributed by atoms with Crippen LogP contribution in [-0.4, -0.2) is 27.7 Å². The molecule has 132 valence electrons. The van der Waals surface area contributed by atoms with Crippen molar-refractivity contribution in [3.8, 4) is 0 Å². The van der Waals surface area contributed by atoms with Crippen LogP contribution in [0.4, 0.5) is 5.69 Å². The number of carboxylic acids is 1. The lowest BCUT2D eigenvalue weighted by atomic mass is 9.71. The molecule has 1 aromatic carbocycles. The van der Waals surface area contributed by atoms with E-state index in [1.165, 1.54) is 24.3 Å². The molecular weight excluding hydrogens is 328 g/mol. The number of aliphatic carboxylic acids is 1. The third-order valence-corrected chi connectivity index (χ3v) is 4.63. The monoisotopic (exact) mass is 346 g/mol. The summed E-state index contributed by atoms with van der Waals surface area (Å²) in [4.78, 5) is 46.4. The largest absolute Gasteiger partial charge is 0.481 e. The Bertz CT molecular complexity index is 749. The zero-order chi connectivity index (χ0) is 18.6. The van der Waals surface area contributed by atoms with Crippen LogP contribution in [0, 0.1) is 21.4 Å². The minimum absolute atomic E-state index is 0.171. The fraction of sp³-hybridized carbons (Fsp3) is 0.353. The lowest BCUT2D eigenvalue weighted by Gasteiger charge is -2.30. The van der Waals surface area contributed by atoms with Gasteiger partial charge >= 0.3 is 5.97 Å². The molecule has 1 atom stereocenters. The number of nitrogens with zero attached hydrogens (tertiary/aromatic N) is 1. The number of nitro groups is 1. The fourth-order valence-electron chi connectivity index (χ4n) is 3.38. The van der Waals surface area contributed by atoms with Gasteiger partial charge in [0.1, 0.15) is 5.92 Å². The summed E-state index contributed by atoms with van der Waals surface area (Å²) in [5.41, 5.74) is 3.97. The highest BCUT2D eigenvalue weighted by atomic mass is 16.6. The Morgan fingerprint density at radius 2 is 1.84 bits per heavy atom. The van der Waals surface area contributed by atoms with Crippen molar-refractivity contribution in [1.29, 1.82) is 0 Å². The summed E-state index contributed by atoms with van der Waals surface area (Å²) in [6.07, 6.45) is 3.89. The second-order valence-electron chi connectivity index (χ2n) is 6.05. The molecule has 0 aliphatic heterocycles. The SMILES string of the molecule is NC(=O)C1(C(C(=O)O)C(=O)C=Cc2ccccc2[N+](=O)[O-])CCCC1. The fourth-order valence-corrected chi connectivity index (χ4v) is 3.38. The Hall–Kier alpha value is -3.03. The number of carbonyl (C=O) groups is 3. The van der Waals surface area contributed by atoms with Gasteiger partial charge in [0.25, 0.3) is 5.69 Å². The molecule has 25 heavy (non-hydrogen) atoms. The number of nitro benzene ring substituents is 1. The maximum Gasteiger partial charge on any atom is 0.315 e. The number of hydrogen-bond donors (Lipinski definition) is 2. The first-order valence-corrected chi connectivity index (χ1v) is 7.77. The van der Waals surface area contributed by atoms with Crippen molar-refractivity contribution in [3.63, 3.8) is 0 Å². The van der Waals surface area contributed by atoms with E-state index in [4.69, 9.17) is 5.73 Å². The Labute approximate surface area is 143 Å². The van der Waals surface area contributed by atoms with E-state index in [-0.39, 0.29) is 24.1 Å². The van der Waals surface area contributed by atoms with Crippen molar-refractivity contribution in [2.45, 2.75) is 25.7 Å². The number of para-hydroxylation sites is 1. The maximum atomic E-state index is 12.5. The van der Waals surface area contributed by atoms with Crippen LogP contribution in [0.25, 0.3) is 6.08 Å². The number of carboxylic acid groups (broad SMARTS) is 1. The molecule has 1 fully saturated rings. The van der Waals surface area contributed by atoms with Crippen LogP contribution in [0.3, 0.4) is 0 Å². The number of benzene rings is 1. The van der Waals surface area contributed by atoms with Gasteiger partial charge < -0.3 is 10.8 Å². The summed E-state index contributed by atoms with van der Waals surface area (Å²) in [5, 5.41) is 20.5. The number of carbonyl (C=O) groups excluding carboxylic acids is 2. The van der Waals surface area contributed by atoms with E-state index < -0.39 is 33.9 Å². The molecule has 8 heteroatoms. The number of amides is 1. The molecule has 1 unspecified atom stereocenters. The van der Waals surface area contributed by atoms with Gasteiger partial charge in [-0.05, 0) is 31.1 Å². The highest BCUT2D eigenvalue weighted by Gasteiger charge is 2.52. The first kappa shape index (κ1) is 18.3. The van der Waals surface area contributed by atoms with Crippen LogP contribution in [0.1, 0.15) is 31.2 Å². The average Bonchev–Trinajstić information content (AvgIpc) is 3.03. The second-order valence-corrected chi connectivity index (χ2v) is 6.05.